The molecule has 1 aromatic heterocycles. The molecule has 3 rings (SSSR count). The van der Waals surface area contributed by atoms with Gasteiger partial charge in [-0.1, -0.05) is 31.0 Å². The summed E-state index contributed by atoms with van der Waals surface area (Å²) in [7, 11) is 0. The van der Waals surface area contributed by atoms with Crippen molar-refractivity contribution >= 4 is 17.2 Å². The molecule has 2 aromatic rings. The minimum absolute atomic E-state index is 0.180. The van der Waals surface area contributed by atoms with Crippen molar-refractivity contribution in [3.8, 4) is 5.75 Å². The van der Waals surface area contributed by atoms with Gasteiger partial charge in [-0.2, -0.15) is 0 Å². The minimum atomic E-state index is 0.180. The van der Waals surface area contributed by atoms with Gasteiger partial charge in [-0.3, -0.25) is 4.79 Å². The van der Waals surface area contributed by atoms with Crippen molar-refractivity contribution in [2.24, 2.45) is 0 Å². The third-order valence-electron chi connectivity index (χ3n) is 4.25. The first-order chi connectivity index (χ1) is 11.2. The van der Waals surface area contributed by atoms with Gasteiger partial charge < -0.3 is 9.64 Å². The molecule has 1 aromatic carbocycles. The summed E-state index contributed by atoms with van der Waals surface area (Å²) in [6.07, 6.45) is 4.73. The SMILES string of the molecule is Cc1ccccc1OCc1csc(C(=O)N2CCCCCC2)c1. The van der Waals surface area contributed by atoms with Crippen LogP contribution in [0.25, 0.3) is 0 Å². The highest BCUT2D eigenvalue weighted by atomic mass is 32.1. The van der Waals surface area contributed by atoms with E-state index in [2.05, 4.69) is 0 Å². The lowest BCUT2D eigenvalue weighted by molar-refractivity contribution is 0.0766. The van der Waals surface area contributed by atoms with Crippen LogP contribution in [0.4, 0.5) is 0 Å². The molecule has 0 atom stereocenters. The summed E-state index contributed by atoms with van der Waals surface area (Å²) in [5, 5.41) is 2.03. The van der Waals surface area contributed by atoms with Gasteiger partial charge in [0.05, 0.1) is 4.88 Å². The van der Waals surface area contributed by atoms with Crippen molar-refractivity contribution in [2.75, 3.05) is 13.1 Å². The molecule has 3 nitrogen and oxygen atoms in total. The van der Waals surface area contributed by atoms with Crippen LogP contribution >= 0.6 is 11.3 Å². The number of para-hydroxylation sites is 1. The van der Waals surface area contributed by atoms with Gasteiger partial charge in [0.15, 0.2) is 0 Å². The van der Waals surface area contributed by atoms with E-state index in [1.54, 1.807) is 0 Å². The first-order valence-electron chi connectivity index (χ1n) is 8.29. The smallest absolute Gasteiger partial charge is 0.263 e. The van der Waals surface area contributed by atoms with Crippen molar-refractivity contribution in [1.82, 2.24) is 4.90 Å². The molecule has 0 bridgehead atoms. The number of ether oxygens (including phenoxy) is 1. The predicted octanol–water partition coefficient (Wildman–Crippen LogP) is 4.65. The molecule has 23 heavy (non-hydrogen) atoms. The van der Waals surface area contributed by atoms with Gasteiger partial charge in [0.25, 0.3) is 5.91 Å². The van der Waals surface area contributed by atoms with E-state index >= 15 is 0 Å². The van der Waals surface area contributed by atoms with Crippen molar-refractivity contribution in [3.63, 3.8) is 0 Å². The Morgan fingerprint density at radius 3 is 2.65 bits per heavy atom. The Morgan fingerprint density at radius 2 is 1.91 bits per heavy atom. The number of likely N-dealkylation sites (tertiary alicyclic amines) is 1. The maximum Gasteiger partial charge on any atom is 0.263 e. The molecule has 2 heterocycles. The van der Waals surface area contributed by atoms with E-state index < -0.39 is 0 Å². The Morgan fingerprint density at radius 1 is 1.17 bits per heavy atom. The highest BCUT2D eigenvalue weighted by Crippen LogP contribution is 2.22. The van der Waals surface area contributed by atoms with Crippen LogP contribution in [0.15, 0.2) is 35.7 Å². The summed E-state index contributed by atoms with van der Waals surface area (Å²) in [5.41, 5.74) is 2.19. The Kier molecular flexibility index (Phi) is 5.34. The van der Waals surface area contributed by atoms with Gasteiger partial charge in [0.1, 0.15) is 12.4 Å². The molecule has 0 N–H and O–H groups in total. The van der Waals surface area contributed by atoms with Crippen molar-refractivity contribution in [1.29, 1.82) is 0 Å². The summed E-state index contributed by atoms with van der Waals surface area (Å²) >= 11 is 1.53. The number of nitrogens with zero attached hydrogens (tertiary/aromatic N) is 1. The van der Waals surface area contributed by atoms with Gasteiger partial charge >= 0.3 is 0 Å². The highest BCUT2D eigenvalue weighted by Gasteiger charge is 2.19. The molecule has 1 fully saturated rings. The number of hydrogen-bond donors (Lipinski definition) is 0. The van der Waals surface area contributed by atoms with E-state index in [0.717, 1.165) is 47.7 Å². The topological polar surface area (TPSA) is 29.5 Å². The summed E-state index contributed by atoms with van der Waals surface area (Å²) in [5.74, 6) is 1.08. The Hall–Kier alpha value is -1.81. The fourth-order valence-corrected chi connectivity index (χ4v) is 3.74. The maximum atomic E-state index is 12.6. The molecule has 4 heteroatoms. The van der Waals surface area contributed by atoms with Crippen LogP contribution in [-0.4, -0.2) is 23.9 Å². The zero-order valence-electron chi connectivity index (χ0n) is 13.6. The first kappa shape index (κ1) is 16.1. The zero-order chi connectivity index (χ0) is 16.1. The third-order valence-corrected chi connectivity index (χ3v) is 5.21. The normalized spacial score (nSPS) is 15.3. The Bertz CT molecular complexity index is 657. The van der Waals surface area contributed by atoms with Crippen LogP contribution in [-0.2, 0) is 6.61 Å². The number of carbonyl (C=O) groups is 1. The largest absolute Gasteiger partial charge is 0.489 e. The maximum absolute atomic E-state index is 12.6. The van der Waals surface area contributed by atoms with E-state index in [4.69, 9.17) is 4.74 Å². The van der Waals surface area contributed by atoms with E-state index in [9.17, 15) is 4.79 Å². The number of rotatable bonds is 4. The van der Waals surface area contributed by atoms with E-state index in [0.29, 0.717) is 6.61 Å². The quantitative estimate of drug-likeness (QED) is 0.817. The van der Waals surface area contributed by atoms with E-state index in [-0.39, 0.29) is 5.91 Å². The van der Waals surface area contributed by atoms with Crippen LogP contribution in [0.2, 0.25) is 0 Å². The molecule has 1 aliphatic heterocycles. The molecular formula is C19H23NO2S. The fourth-order valence-electron chi connectivity index (χ4n) is 2.87. The molecule has 0 spiro atoms. The second-order valence-electron chi connectivity index (χ2n) is 6.08. The first-order valence-corrected chi connectivity index (χ1v) is 9.17. The standard InChI is InChI=1S/C19H23NO2S/c1-15-8-4-5-9-17(15)22-13-16-12-18(23-14-16)19(21)20-10-6-2-3-7-11-20/h4-5,8-9,12,14H,2-3,6-7,10-11,13H2,1H3. The Balaban J connectivity index is 1.61. The molecular weight excluding hydrogens is 306 g/mol. The number of hydrogen-bond acceptors (Lipinski definition) is 3. The van der Waals surface area contributed by atoms with E-state index in [1.807, 2.05) is 47.5 Å². The van der Waals surface area contributed by atoms with Gasteiger partial charge in [-0.25, -0.2) is 0 Å². The zero-order valence-corrected chi connectivity index (χ0v) is 14.4. The fraction of sp³-hybridized carbons (Fsp3) is 0.421. The molecule has 1 amide bonds. The van der Waals surface area contributed by atoms with Crippen LogP contribution in [0.5, 0.6) is 5.75 Å². The van der Waals surface area contributed by atoms with Gasteiger partial charge in [0.2, 0.25) is 0 Å². The number of amides is 1. The summed E-state index contributed by atoms with van der Waals surface area (Å²) in [4.78, 5) is 15.4. The number of carbonyl (C=O) groups excluding carboxylic acids is 1. The lowest BCUT2D eigenvalue weighted by Gasteiger charge is -2.19. The molecule has 0 saturated carbocycles. The Labute approximate surface area is 141 Å². The van der Waals surface area contributed by atoms with Crippen molar-refractivity contribution in [2.45, 2.75) is 39.2 Å². The monoisotopic (exact) mass is 329 g/mol. The van der Waals surface area contributed by atoms with Gasteiger partial charge in [0, 0.05) is 18.7 Å². The lowest BCUT2D eigenvalue weighted by Crippen LogP contribution is -2.31. The van der Waals surface area contributed by atoms with Gasteiger partial charge in [-0.15, -0.1) is 11.3 Å². The van der Waals surface area contributed by atoms with Gasteiger partial charge in [-0.05, 0) is 42.8 Å². The molecule has 122 valence electrons. The number of thiophene rings is 1. The second-order valence-corrected chi connectivity index (χ2v) is 6.99. The van der Waals surface area contributed by atoms with Crippen LogP contribution in [0.3, 0.4) is 0 Å². The van der Waals surface area contributed by atoms with Crippen LogP contribution in [0.1, 0.15) is 46.5 Å². The lowest BCUT2D eigenvalue weighted by atomic mass is 10.2. The second kappa shape index (κ2) is 7.64. The highest BCUT2D eigenvalue weighted by molar-refractivity contribution is 7.12. The molecule has 0 radical (unpaired) electrons. The van der Waals surface area contributed by atoms with Crippen molar-refractivity contribution in [3.05, 3.63) is 51.7 Å². The van der Waals surface area contributed by atoms with E-state index in [1.165, 1.54) is 24.2 Å². The summed E-state index contributed by atoms with van der Waals surface area (Å²) < 4.78 is 5.86. The summed E-state index contributed by atoms with van der Waals surface area (Å²) in [6, 6.07) is 9.98. The minimum Gasteiger partial charge on any atom is -0.489 e. The third kappa shape index (κ3) is 4.14. The summed E-state index contributed by atoms with van der Waals surface area (Å²) in [6.45, 7) is 4.34. The molecule has 0 unspecified atom stereocenters. The van der Waals surface area contributed by atoms with Crippen LogP contribution in [0, 0.1) is 6.92 Å². The molecule has 1 aliphatic rings. The average Bonchev–Trinajstić information content (AvgIpc) is 2.87. The molecule has 0 aliphatic carbocycles. The van der Waals surface area contributed by atoms with Crippen molar-refractivity contribution < 1.29 is 9.53 Å². The number of aryl methyl sites for hydroxylation is 1. The molecule has 1 saturated heterocycles. The van der Waals surface area contributed by atoms with Crippen LogP contribution < -0.4 is 4.74 Å². The predicted molar refractivity (Wildman–Crippen MR) is 94.2 cm³/mol. The number of benzene rings is 1. The average molecular weight is 329 g/mol.